The van der Waals surface area contributed by atoms with Gasteiger partial charge in [-0.15, -0.1) is 0 Å². The third-order valence-corrected chi connectivity index (χ3v) is 4.09. The highest BCUT2D eigenvalue weighted by Crippen LogP contribution is 2.28. The van der Waals surface area contributed by atoms with Crippen LogP contribution in [0.15, 0.2) is 24.3 Å². The Balaban J connectivity index is 1.98. The average molecular weight is 291 g/mol. The second-order valence-electron chi connectivity index (χ2n) is 5.91. The summed E-state index contributed by atoms with van der Waals surface area (Å²) >= 11 is 0. The summed E-state index contributed by atoms with van der Waals surface area (Å²) in [6, 6.07) is 8.74. The van der Waals surface area contributed by atoms with Crippen LogP contribution < -0.4 is 10.1 Å². The van der Waals surface area contributed by atoms with Crippen molar-refractivity contribution in [2.24, 2.45) is 0 Å². The van der Waals surface area contributed by atoms with Crippen molar-refractivity contribution in [1.82, 2.24) is 5.32 Å². The maximum atomic E-state index is 6.07. The maximum Gasteiger partial charge on any atom is 0.124 e. The van der Waals surface area contributed by atoms with Crippen LogP contribution in [0.4, 0.5) is 0 Å². The molecule has 0 spiro atoms. The van der Waals surface area contributed by atoms with Crippen molar-refractivity contribution in [1.29, 1.82) is 0 Å². The monoisotopic (exact) mass is 291 g/mol. The SMILES string of the molecule is CCCNC(CC)c1ccccc1OCC1CCC(C)O1. The summed E-state index contributed by atoms with van der Waals surface area (Å²) in [6.45, 7) is 8.24. The Kier molecular flexibility index (Phi) is 6.52. The van der Waals surface area contributed by atoms with Crippen LogP contribution in [0.2, 0.25) is 0 Å². The van der Waals surface area contributed by atoms with Crippen LogP contribution in [0, 0.1) is 0 Å². The van der Waals surface area contributed by atoms with Gasteiger partial charge in [-0.1, -0.05) is 32.0 Å². The summed E-state index contributed by atoms with van der Waals surface area (Å²) in [6.07, 6.45) is 5.09. The van der Waals surface area contributed by atoms with E-state index < -0.39 is 0 Å². The van der Waals surface area contributed by atoms with Crippen LogP contribution in [0.5, 0.6) is 5.75 Å². The molecule has 0 bridgehead atoms. The van der Waals surface area contributed by atoms with E-state index >= 15 is 0 Å². The fourth-order valence-electron chi connectivity index (χ4n) is 2.88. The molecule has 0 aromatic heterocycles. The number of para-hydroxylation sites is 1. The van der Waals surface area contributed by atoms with Crippen LogP contribution in [0.25, 0.3) is 0 Å². The fraction of sp³-hybridized carbons (Fsp3) is 0.667. The van der Waals surface area contributed by atoms with Crippen LogP contribution >= 0.6 is 0 Å². The van der Waals surface area contributed by atoms with E-state index in [9.17, 15) is 0 Å². The average Bonchev–Trinajstić information content (AvgIpc) is 2.92. The number of rotatable bonds is 8. The van der Waals surface area contributed by atoms with Crippen molar-refractivity contribution in [3.05, 3.63) is 29.8 Å². The van der Waals surface area contributed by atoms with Gasteiger partial charge in [-0.25, -0.2) is 0 Å². The zero-order chi connectivity index (χ0) is 15.1. The molecule has 3 nitrogen and oxygen atoms in total. The van der Waals surface area contributed by atoms with Gasteiger partial charge in [0.25, 0.3) is 0 Å². The minimum atomic E-state index is 0.247. The highest BCUT2D eigenvalue weighted by atomic mass is 16.5. The number of hydrogen-bond donors (Lipinski definition) is 1. The molecule has 0 radical (unpaired) electrons. The van der Waals surface area contributed by atoms with E-state index in [1.807, 2.05) is 6.07 Å². The lowest BCUT2D eigenvalue weighted by atomic mass is 10.0. The first-order valence-corrected chi connectivity index (χ1v) is 8.35. The van der Waals surface area contributed by atoms with Crippen LogP contribution in [0.3, 0.4) is 0 Å². The van der Waals surface area contributed by atoms with Crippen LogP contribution in [-0.4, -0.2) is 25.4 Å². The summed E-state index contributed by atoms with van der Waals surface area (Å²) in [7, 11) is 0. The molecule has 1 saturated heterocycles. The van der Waals surface area contributed by atoms with E-state index in [-0.39, 0.29) is 6.10 Å². The van der Waals surface area contributed by atoms with Crippen LogP contribution in [0.1, 0.15) is 58.1 Å². The number of hydrogen-bond acceptors (Lipinski definition) is 3. The molecule has 0 aliphatic carbocycles. The lowest BCUT2D eigenvalue weighted by Gasteiger charge is -2.21. The molecular weight excluding hydrogens is 262 g/mol. The van der Waals surface area contributed by atoms with Gasteiger partial charge in [-0.05, 0) is 45.2 Å². The molecule has 2 rings (SSSR count). The predicted molar refractivity (Wildman–Crippen MR) is 86.8 cm³/mol. The van der Waals surface area contributed by atoms with Gasteiger partial charge in [0.05, 0.1) is 12.2 Å². The Morgan fingerprint density at radius 3 is 2.76 bits per heavy atom. The lowest BCUT2D eigenvalue weighted by molar-refractivity contribution is 0.0261. The van der Waals surface area contributed by atoms with Crippen molar-refractivity contribution < 1.29 is 9.47 Å². The molecule has 3 atom stereocenters. The summed E-state index contributed by atoms with van der Waals surface area (Å²) in [4.78, 5) is 0. The molecule has 1 aromatic rings. The first kappa shape index (κ1) is 16.3. The molecule has 3 heteroatoms. The normalized spacial score (nSPS) is 23.2. The molecule has 1 N–H and O–H groups in total. The molecule has 0 amide bonds. The smallest absolute Gasteiger partial charge is 0.124 e. The zero-order valence-corrected chi connectivity index (χ0v) is 13.6. The Labute approximate surface area is 129 Å². The second-order valence-corrected chi connectivity index (χ2v) is 5.91. The third kappa shape index (κ3) is 4.72. The molecule has 1 fully saturated rings. The molecular formula is C18H29NO2. The van der Waals surface area contributed by atoms with Gasteiger partial charge >= 0.3 is 0 Å². The topological polar surface area (TPSA) is 30.5 Å². The van der Waals surface area contributed by atoms with E-state index in [4.69, 9.17) is 9.47 Å². The zero-order valence-electron chi connectivity index (χ0n) is 13.6. The largest absolute Gasteiger partial charge is 0.491 e. The Hall–Kier alpha value is -1.06. The summed E-state index contributed by atoms with van der Waals surface area (Å²) in [5, 5.41) is 3.60. The number of nitrogens with one attached hydrogen (secondary N) is 1. The first-order valence-electron chi connectivity index (χ1n) is 8.35. The van der Waals surface area contributed by atoms with E-state index in [1.165, 1.54) is 5.56 Å². The Bertz CT molecular complexity index is 421. The van der Waals surface area contributed by atoms with Gasteiger partial charge in [0, 0.05) is 11.6 Å². The summed E-state index contributed by atoms with van der Waals surface area (Å²) < 4.78 is 11.9. The maximum absolute atomic E-state index is 6.07. The molecule has 0 saturated carbocycles. The summed E-state index contributed by atoms with van der Waals surface area (Å²) in [5.41, 5.74) is 1.26. The Morgan fingerprint density at radius 1 is 1.29 bits per heavy atom. The van der Waals surface area contributed by atoms with E-state index in [2.05, 4.69) is 44.3 Å². The molecule has 1 heterocycles. The van der Waals surface area contributed by atoms with E-state index in [0.717, 1.165) is 38.0 Å². The van der Waals surface area contributed by atoms with Crippen molar-refractivity contribution in [2.45, 2.75) is 64.7 Å². The standard InChI is InChI=1S/C18H29NO2/c1-4-12-19-17(5-2)16-8-6-7-9-18(16)20-13-15-11-10-14(3)21-15/h6-9,14-15,17,19H,4-5,10-13H2,1-3H3. The molecule has 118 valence electrons. The molecule has 1 aliphatic heterocycles. The molecule has 3 unspecified atom stereocenters. The quantitative estimate of drug-likeness (QED) is 0.782. The lowest BCUT2D eigenvalue weighted by Crippen LogP contribution is -2.23. The third-order valence-electron chi connectivity index (χ3n) is 4.09. The van der Waals surface area contributed by atoms with Crippen molar-refractivity contribution in [2.75, 3.05) is 13.2 Å². The predicted octanol–water partition coefficient (Wildman–Crippen LogP) is 4.08. The van der Waals surface area contributed by atoms with Gasteiger partial charge in [0.2, 0.25) is 0 Å². The molecule has 1 aromatic carbocycles. The van der Waals surface area contributed by atoms with Gasteiger partial charge in [0.1, 0.15) is 12.4 Å². The highest BCUT2D eigenvalue weighted by molar-refractivity contribution is 5.36. The van der Waals surface area contributed by atoms with Crippen molar-refractivity contribution in [3.63, 3.8) is 0 Å². The van der Waals surface area contributed by atoms with Gasteiger partial charge in [0.15, 0.2) is 0 Å². The first-order chi connectivity index (χ1) is 10.2. The van der Waals surface area contributed by atoms with Gasteiger partial charge < -0.3 is 14.8 Å². The summed E-state index contributed by atoms with van der Waals surface area (Å²) in [5.74, 6) is 0.996. The highest BCUT2D eigenvalue weighted by Gasteiger charge is 2.23. The van der Waals surface area contributed by atoms with Gasteiger partial charge in [-0.3, -0.25) is 0 Å². The molecule has 21 heavy (non-hydrogen) atoms. The second kappa shape index (κ2) is 8.40. The Morgan fingerprint density at radius 2 is 2.10 bits per heavy atom. The minimum absolute atomic E-state index is 0.247. The number of benzene rings is 1. The van der Waals surface area contributed by atoms with Crippen molar-refractivity contribution in [3.8, 4) is 5.75 Å². The van der Waals surface area contributed by atoms with E-state index in [1.54, 1.807) is 0 Å². The van der Waals surface area contributed by atoms with Gasteiger partial charge in [-0.2, -0.15) is 0 Å². The van der Waals surface area contributed by atoms with E-state index in [0.29, 0.717) is 18.8 Å². The molecule has 1 aliphatic rings. The fourth-order valence-corrected chi connectivity index (χ4v) is 2.88. The van der Waals surface area contributed by atoms with Crippen LogP contribution in [-0.2, 0) is 4.74 Å². The number of ether oxygens (including phenoxy) is 2. The van der Waals surface area contributed by atoms with Crippen molar-refractivity contribution >= 4 is 0 Å². The minimum Gasteiger partial charge on any atom is -0.491 e.